The van der Waals surface area contributed by atoms with Crippen LogP contribution in [0.25, 0.3) is 11.3 Å². The number of fused-ring (bicyclic) bond motifs is 1. The van der Waals surface area contributed by atoms with Gasteiger partial charge in [0.2, 0.25) is 5.95 Å². The molecule has 1 atom stereocenters. The highest BCUT2D eigenvalue weighted by Crippen LogP contribution is 2.35. The maximum absolute atomic E-state index is 14.3. The van der Waals surface area contributed by atoms with Crippen LogP contribution in [-0.4, -0.2) is 35.9 Å². The average molecular weight is 493 g/mol. The van der Waals surface area contributed by atoms with Gasteiger partial charge in [0.15, 0.2) is 5.65 Å². The molecule has 0 aromatic carbocycles. The second-order valence-electron chi connectivity index (χ2n) is 6.54. The van der Waals surface area contributed by atoms with Crippen LogP contribution in [0.5, 0.6) is 0 Å². The van der Waals surface area contributed by atoms with Crippen molar-refractivity contribution in [1.82, 2.24) is 29.4 Å². The minimum Gasteiger partial charge on any atom is -0.348 e. The molecule has 0 N–H and O–H groups in total. The van der Waals surface area contributed by atoms with Gasteiger partial charge in [-0.3, -0.25) is 0 Å². The van der Waals surface area contributed by atoms with E-state index in [1.807, 2.05) is 17.2 Å². The third-order valence-corrected chi connectivity index (χ3v) is 5.39. The second kappa shape index (κ2) is 6.76. The Labute approximate surface area is 172 Å². The van der Waals surface area contributed by atoms with Crippen molar-refractivity contribution < 1.29 is 8.78 Å². The fourth-order valence-corrected chi connectivity index (χ4v) is 3.98. The van der Waals surface area contributed by atoms with Crippen LogP contribution in [0.15, 0.2) is 43.0 Å². The Morgan fingerprint density at radius 1 is 1.07 bits per heavy atom. The van der Waals surface area contributed by atoms with Crippen molar-refractivity contribution in [1.29, 1.82) is 0 Å². The van der Waals surface area contributed by atoms with Crippen molar-refractivity contribution in [2.24, 2.45) is 0 Å². The Hall–Kier alpha value is -2.63. The van der Waals surface area contributed by atoms with E-state index < -0.39 is 11.8 Å². The summed E-state index contributed by atoms with van der Waals surface area (Å²) in [5.41, 5.74) is 1.50. The lowest BCUT2D eigenvalue weighted by molar-refractivity contribution is 0.518. The minimum absolute atomic E-state index is 0.120. The molecule has 0 aliphatic carbocycles. The SMILES string of the molecule is Fc1ccc(F)c([C@H]2CCCN2c2ccn3ncc(-n4cc(I)cn4)c3n2)n1. The summed E-state index contributed by atoms with van der Waals surface area (Å²) in [4.78, 5) is 10.5. The highest BCUT2D eigenvalue weighted by molar-refractivity contribution is 14.1. The van der Waals surface area contributed by atoms with Crippen molar-refractivity contribution >= 4 is 34.1 Å². The molecule has 142 valence electrons. The fraction of sp³-hybridized carbons (Fsp3) is 0.222. The Bertz CT molecular complexity index is 1170. The predicted molar refractivity (Wildman–Crippen MR) is 106 cm³/mol. The van der Waals surface area contributed by atoms with Crippen molar-refractivity contribution in [3.05, 3.63) is 64.0 Å². The van der Waals surface area contributed by atoms with E-state index in [2.05, 4.69) is 37.8 Å². The van der Waals surface area contributed by atoms with Crippen molar-refractivity contribution in [3.8, 4) is 5.69 Å². The molecule has 1 fully saturated rings. The topological polar surface area (TPSA) is 64.1 Å². The molecule has 1 aliphatic heterocycles. The molecule has 28 heavy (non-hydrogen) atoms. The van der Waals surface area contributed by atoms with Gasteiger partial charge in [-0.25, -0.2) is 23.6 Å². The zero-order chi connectivity index (χ0) is 19.3. The lowest BCUT2D eigenvalue weighted by Crippen LogP contribution is -2.25. The Balaban J connectivity index is 1.57. The monoisotopic (exact) mass is 493 g/mol. The molecule has 1 aliphatic rings. The normalized spacial score (nSPS) is 17.0. The Morgan fingerprint density at radius 2 is 1.96 bits per heavy atom. The largest absolute Gasteiger partial charge is 0.348 e. The van der Waals surface area contributed by atoms with Crippen molar-refractivity contribution in [2.75, 3.05) is 11.4 Å². The molecule has 7 nitrogen and oxygen atoms in total. The lowest BCUT2D eigenvalue weighted by Gasteiger charge is -2.25. The predicted octanol–water partition coefficient (Wildman–Crippen LogP) is 3.53. The van der Waals surface area contributed by atoms with Gasteiger partial charge in [0.05, 0.1) is 22.0 Å². The third kappa shape index (κ3) is 2.91. The number of pyridine rings is 1. The van der Waals surface area contributed by atoms with Crippen LogP contribution in [0.4, 0.5) is 14.6 Å². The average Bonchev–Trinajstić information content (AvgIpc) is 3.42. The van der Waals surface area contributed by atoms with Crippen LogP contribution >= 0.6 is 22.6 Å². The number of rotatable bonds is 3. The summed E-state index contributed by atoms with van der Waals surface area (Å²) >= 11 is 2.19. The van der Waals surface area contributed by atoms with Gasteiger partial charge in [-0.1, -0.05) is 0 Å². The molecule has 0 saturated carbocycles. The summed E-state index contributed by atoms with van der Waals surface area (Å²) in [5.74, 6) is -0.516. The third-order valence-electron chi connectivity index (χ3n) is 4.84. The number of nitrogens with zero attached hydrogens (tertiary/aromatic N) is 7. The summed E-state index contributed by atoms with van der Waals surface area (Å²) in [7, 11) is 0. The smallest absolute Gasteiger partial charge is 0.213 e. The van der Waals surface area contributed by atoms with Gasteiger partial charge < -0.3 is 4.90 Å². The second-order valence-corrected chi connectivity index (χ2v) is 7.78. The highest BCUT2D eigenvalue weighted by Gasteiger charge is 2.31. The molecule has 0 unspecified atom stereocenters. The van der Waals surface area contributed by atoms with E-state index >= 15 is 0 Å². The Morgan fingerprint density at radius 3 is 2.79 bits per heavy atom. The van der Waals surface area contributed by atoms with E-state index in [0.29, 0.717) is 24.4 Å². The first kappa shape index (κ1) is 17.5. The zero-order valence-electron chi connectivity index (χ0n) is 14.5. The van der Waals surface area contributed by atoms with E-state index in [1.54, 1.807) is 27.8 Å². The molecule has 0 amide bonds. The van der Waals surface area contributed by atoms with E-state index in [4.69, 9.17) is 4.98 Å². The first-order valence-electron chi connectivity index (χ1n) is 8.74. The number of hydrogen-bond acceptors (Lipinski definition) is 5. The van der Waals surface area contributed by atoms with Gasteiger partial charge in [0.25, 0.3) is 0 Å². The summed E-state index contributed by atoms with van der Waals surface area (Å²) in [6.07, 6.45) is 8.67. The van der Waals surface area contributed by atoms with E-state index in [0.717, 1.165) is 27.8 Å². The maximum atomic E-state index is 14.3. The number of hydrogen-bond donors (Lipinski definition) is 0. The van der Waals surface area contributed by atoms with Gasteiger partial charge in [-0.15, -0.1) is 0 Å². The Kier molecular flexibility index (Phi) is 4.22. The molecule has 5 rings (SSSR count). The standard InChI is InChI=1S/C18H14F2IN7/c19-12-3-4-15(20)24-17(12)13-2-1-6-26(13)16-5-7-27-18(25-16)14(9-23-27)28-10-11(21)8-22-28/h3-5,7-10,13H,1-2,6H2/t13-/m1/s1. The molecular weight excluding hydrogens is 479 g/mol. The molecule has 0 bridgehead atoms. The molecule has 0 spiro atoms. The molecule has 4 aromatic rings. The molecular formula is C18H14F2IN7. The highest BCUT2D eigenvalue weighted by atomic mass is 127. The van der Waals surface area contributed by atoms with Crippen LogP contribution < -0.4 is 4.90 Å². The summed E-state index contributed by atoms with van der Waals surface area (Å²) in [6.45, 7) is 0.689. The summed E-state index contributed by atoms with van der Waals surface area (Å²) in [5, 5.41) is 8.65. The van der Waals surface area contributed by atoms with E-state index in [9.17, 15) is 8.78 Å². The van der Waals surface area contributed by atoms with Crippen LogP contribution in [0.1, 0.15) is 24.6 Å². The van der Waals surface area contributed by atoms with E-state index in [-0.39, 0.29) is 11.7 Å². The first-order chi connectivity index (χ1) is 13.6. The summed E-state index contributed by atoms with van der Waals surface area (Å²) in [6, 6.07) is 3.63. The maximum Gasteiger partial charge on any atom is 0.213 e. The number of anilines is 1. The van der Waals surface area contributed by atoms with Crippen LogP contribution in [-0.2, 0) is 0 Å². The molecule has 10 heteroatoms. The molecule has 4 aromatic heterocycles. The van der Waals surface area contributed by atoms with Gasteiger partial charge in [-0.05, 0) is 53.6 Å². The minimum atomic E-state index is -0.682. The van der Waals surface area contributed by atoms with Gasteiger partial charge in [-0.2, -0.15) is 14.6 Å². The first-order valence-corrected chi connectivity index (χ1v) is 9.81. The van der Waals surface area contributed by atoms with Crippen molar-refractivity contribution in [3.63, 3.8) is 0 Å². The molecule has 5 heterocycles. The quantitative estimate of drug-likeness (QED) is 0.323. The number of halogens is 3. The van der Waals surface area contributed by atoms with Crippen molar-refractivity contribution in [2.45, 2.75) is 18.9 Å². The van der Waals surface area contributed by atoms with Crippen LogP contribution in [0, 0.1) is 15.3 Å². The van der Waals surface area contributed by atoms with Crippen LogP contribution in [0.3, 0.4) is 0 Å². The van der Waals surface area contributed by atoms with Gasteiger partial charge in [0, 0.05) is 18.9 Å². The number of aromatic nitrogens is 6. The van der Waals surface area contributed by atoms with E-state index in [1.165, 1.54) is 0 Å². The fourth-order valence-electron chi connectivity index (χ4n) is 3.59. The van der Waals surface area contributed by atoms with Gasteiger partial charge in [0.1, 0.15) is 23.0 Å². The lowest BCUT2D eigenvalue weighted by atomic mass is 10.1. The summed E-state index contributed by atoms with van der Waals surface area (Å²) < 4.78 is 32.3. The molecule has 0 radical (unpaired) electrons. The molecule has 1 saturated heterocycles. The zero-order valence-corrected chi connectivity index (χ0v) is 16.7. The van der Waals surface area contributed by atoms with Crippen LogP contribution in [0.2, 0.25) is 0 Å². The van der Waals surface area contributed by atoms with Gasteiger partial charge >= 0.3 is 0 Å².